The Morgan fingerprint density at radius 1 is 0.385 bits per heavy atom. The zero-order valence-corrected chi connectivity index (χ0v) is 20.7. The molecule has 0 heterocycles. The van der Waals surface area contributed by atoms with Gasteiger partial charge in [0.15, 0.2) is 0 Å². The van der Waals surface area contributed by atoms with Crippen LogP contribution in [-0.2, 0) is 0 Å². The van der Waals surface area contributed by atoms with E-state index < -0.39 is 0 Å². The van der Waals surface area contributed by atoms with Gasteiger partial charge >= 0.3 is 0 Å². The third kappa shape index (κ3) is 24.9. The molecule has 0 fully saturated rings. The van der Waals surface area contributed by atoms with Crippen LogP contribution in [-0.4, -0.2) is 6.16 Å². The number of unbranched alkanes of at least 4 members (excludes halogenated alkanes) is 21. The molecule has 0 saturated heterocycles. The normalized spacial score (nSPS) is 11.8. The van der Waals surface area contributed by atoms with Crippen LogP contribution in [0.5, 0.6) is 0 Å². The van der Waals surface area contributed by atoms with E-state index in [0.717, 1.165) is 7.28 Å². The summed E-state index contributed by atoms with van der Waals surface area (Å²) in [4.78, 5) is 0. The molecule has 0 rings (SSSR count). The summed E-state index contributed by atoms with van der Waals surface area (Å²) in [5.41, 5.74) is 0. The summed E-state index contributed by atoms with van der Waals surface area (Å²) in [7, 11) is 0.981. The molecule has 0 N–H and O–H groups in total. The molecular formula is C24H50BrP. The average Bonchev–Trinajstić information content (AvgIpc) is 2.66. The highest BCUT2D eigenvalue weighted by molar-refractivity contribution is 9.36. The van der Waals surface area contributed by atoms with Crippen molar-refractivity contribution in [3.8, 4) is 0 Å². The summed E-state index contributed by atoms with van der Waals surface area (Å²) in [6, 6.07) is 0. The van der Waals surface area contributed by atoms with Gasteiger partial charge in [0.25, 0.3) is 0 Å². The molecule has 0 spiro atoms. The van der Waals surface area contributed by atoms with Crippen LogP contribution in [0.4, 0.5) is 0 Å². The van der Waals surface area contributed by atoms with Gasteiger partial charge in [-0.1, -0.05) is 165 Å². The molecule has 0 aromatic rings. The Kier molecular flexibility index (Phi) is 26.8. The first-order valence-electron chi connectivity index (χ1n) is 12.2. The Balaban J connectivity index is 2.95. The van der Waals surface area contributed by atoms with Gasteiger partial charge in [0.2, 0.25) is 0 Å². The van der Waals surface area contributed by atoms with E-state index in [1.54, 1.807) is 0 Å². The van der Waals surface area contributed by atoms with Crippen LogP contribution in [0.1, 0.15) is 148 Å². The average molecular weight is 450 g/mol. The van der Waals surface area contributed by atoms with Crippen molar-refractivity contribution in [1.29, 1.82) is 0 Å². The molecule has 0 aliphatic carbocycles. The first kappa shape index (κ1) is 26.9. The van der Waals surface area contributed by atoms with E-state index in [9.17, 15) is 0 Å². The Hall–Kier alpha value is 0.910. The molecule has 26 heavy (non-hydrogen) atoms. The van der Waals surface area contributed by atoms with Gasteiger partial charge in [0.05, 0.1) is 0 Å². The van der Waals surface area contributed by atoms with Gasteiger partial charge in [0.1, 0.15) is 0 Å². The minimum Gasteiger partial charge on any atom is -0.0654 e. The minimum absolute atomic E-state index is 0.981. The highest BCUT2D eigenvalue weighted by atomic mass is 79.9. The van der Waals surface area contributed by atoms with Crippen molar-refractivity contribution in [3.05, 3.63) is 0 Å². The van der Waals surface area contributed by atoms with Crippen LogP contribution in [0.25, 0.3) is 0 Å². The molecule has 0 aliphatic heterocycles. The number of rotatable bonds is 23. The monoisotopic (exact) mass is 448 g/mol. The summed E-state index contributed by atoms with van der Waals surface area (Å²) in [5, 5.41) is 0. The summed E-state index contributed by atoms with van der Waals surface area (Å²) < 4.78 is 0. The molecule has 158 valence electrons. The van der Waals surface area contributed by atoms with E-state index in [-0.39, 0.29) is 0 Å². The third-order valence-electron chi connectivity index (χ3n) is 5.62. The fourth-order valence-electron chi connectivity index (χ4n) is 3.80. The molecule has 2 heteroatoms. The van der Waals surface area contributed by atoms with E-state index in [4.69, 9.17) is 0 Å². The zero-order chi connectivity index (χ0) is 19.0. The smallest absolute Gasteiger partial charge is 0.0255 e. The van der Waals surface area contributed by atoms with Crippen molar-refractivity contribution >= 4 is 22.8 Å². The summed E-state index contributed by atoms with van der Waals surface area (Å²) >= 11 is 3.54. The van der Waals surface area contributed by atoms with Gasteiger partial charge in [-0.05, 0) is 12.6 Å². The summed E-state index contributed by atoms with van der Waals surface area (Å²) in [5.74, 6) is 0. The Labute approximate surface area is 177 Å². The molecule has 0 aromatic carbocycles. The molecule has 1 unspecified atom stereocenters. The molecule has 1 atom stereocenters. The summed E-state index contributed by atoms with van der Waals surface area (Å²) in [6.07, 6.45) is 33.8. The van der Waals surface area contributed by atoms with Crippen molar-refractivity contribution in [1.82, 2.24) is 0 Å². The second kappa shape index (κ2) is 25.9. The Bertz CT molecular complexity index is 208. The Morgan fingerprint density at radius 3 is 0.846 bits per heavy atom. The SMILES string of the molecule is CCCCCCCCCCCCCCCCCCCCCCCCPBr. The lowest BCUT2D eigenvalue weighted by molar-refractivity contribution is 0.520. The molecule has 0 saturated carbocycles. The van der Waals surface area contributed by atoms with Crippen LogP contribution in [0, 0.1) is 0 Å². The van der Waals surface area contributed by atoms with Crippen molar-refractivity contribution in [3.63, 3.8) is 0 Å². The maximum Gasteiger partial charge on any atom is -0.0255 e. The van der Waals surface area contributed by atoms with Crippen LogP contribution < -0.4 is 0 Å². The van der Waals surface area contributed by atoms with E-state index >= 15 is 0 Å². The lowest BCUT2D eigenvalue weighted by Gasteiger charge is -2.04. The van der Waals surface area contributed by atoms with Crippen LogP contribution in [0.2, 0.25) is 0 Å². The molecule has 0 aliphatic rings. The molecule has 0 radical (unpaired) electrons. The number of halogens is 1. The quantitative estimate of drug-likeness (QED) is 0.107. The molecule has 0 bridgehead atoms. The molecular weight excluding hydrogens is 399 g/mol. The van der Waals surface area contributed by atoms with Gasteiger partial charge in [-0.25, -0.2) is 0 Å². The van der Waals surface area contributed by atoms with E-state index in [0.29, 0.717) is 0 Å². The predicted octanol–water partition coefficient (Wildman–Crippen LogP) is 10.6. The Morgan fingerprint density at radius 2 is 0.615 bits per heavy atom. The third-order valence-corrected chi connectivity index (χ3v) is 7.36. The van der Waals surface area contributed by atoms with Crippen LogP contribution in [0.3, 0.4) is 0 Å². The first-order valence-corrected chi connectivity index (χ1v) is 15.7. The first-order chi connectivity index (χ1) is 12.9. The fourth-order valence-corrected chi connectivity index (χ4v) is 5.03. The number of hydrogen-bond donors (Lipinski definition) is 0. The summed E-state index contributed by atoms with van der Waals surface area (Å²) in [6.45, 7) is 2.30. The maximum atomic E-state index is 3.54. The molecule has 0 nitrogen and oxygen atoms in total. The van der Waals surface area contributed by atoms with Crippen molar-refractivity contribution in [2.24, 2.45) is 0 Å². The van der Waals surface area contributed by atoms with E-state index in [1.165, 1.54) is 147 Å². The topological polar surface area (TPSA) is 0 Å². The predicted molar refractivity (Wildman–Crippen MR) is 129 cm³/mol. The van der Waals surface area contributed by atoms with Crippen molar-refractivity contribution in [2.45, 2.75) is 148 Å². The van der Waals surface area contributed by atoms with Crippen LogP contribution in [0.15, 0.2) is 0 Å². The number of hydrogen-bond acceptors (Lipinski definition) is 0. The second-order valence-corrected chi connectivity index (χ2v) is 10.8. The minimum atomic E-state index is 0.981. The lowest BCUT2D eigenvalue weighted by atomic mass is 10.0. The van der Waals surface area contributed by atoms with E-state index in [2.05, 4.69) is 22.4 Å². The molecule has 0 amide bonds. The van der Waals surface area contributed by atoms with Gasteiger partial charge in [-0.15, -0.1) is 0 Å². The van der Waals surface area contributed by atoms with Gasteiger partial charge in [0, 0.05) is 0 Å². The molecule has 0 aromatic heterocycles. The maximum absolute atomic E-state index is 3.54. The van der Waals surface area contributed by atoms with Crippen molar-refractivity contribution < 1.29 is 0 Å². The van der Waals surface area contributed by atoms with Crippen LogP contribution >= 0.6 is 22.8 Å². The highest BCUT2D eigenvalue weighted by Crippen LogP contribution is 2.21. The van der Waals surface area contributed by atoms with Gasteiger partial charge < -0.3 is 0 Å². The van der Waals surface area contributed by atoms with E-state index in [1.807, 2.05) is 0 Å². The fraction of sp³-hybridized carbons (Fsp3) is 1.00. The van der Waals surface area contributed by atoms with Crippen molar-refractivity contribution in [2.75, 3.05) is 6.16 Å². The largest absolute Gasteiger partial charge is 0.0654 e. The zero-order valence-electron chi connectivity index (χ0n) is 18.1. The second-order valence-electron chi connectivity index (χ2n) is 8.31. The van der Waals surface area contributed by atoms with Gasteiger partial charge in [-0.3, -0.25) is 0 Å². The highest BCUT2D eigenvalue weighted by Gasteiger charge is 1.95. The standard InChI is InChI=1S/C24H50BrP/c1-2-3-4-5-6-7-8-9-10-11-12-13-14-15-16-17-18-19-20-21-22-23-24-26-25/h26H,2-24H2,1H3. The van der Waals surface area contributed by atoms with Gasteiger partial charge in [-0.2, -0.15) is 0 Å². The lowest BCUT2D eigenvalue weighted by Crippen LogP contribution is -1.84.